The Hall–Kier alpha value is -3.76. The molecular formula is C31H40O10. The van der Waals surface area contributed by atoms with Crippen LogP contribution in [0.5, 0.6) is 11.5 Å². The van der Waals surface area contributed by atoms with E-state index in [-0.39, 0.29) is 29.5 Å². The predicted molar refractivity (Wildman–Crippen MR) is 150 cm³/mol. The van der Waals surface area contributed by atoms with Crippen LogP contribution in [-0.4, -0.2) is 59.0 Å². The molecule has 0 saturated heterocycles. The summed E-state index contributed by atoms with van der Waals surface area (Å²) in [7, 11) is 0. The first-order valence-electron chi connectivity index (χ1n) is 13.9. The summed E-state index contributed by atoms with van der Waals surface area (Å²) < 4.78 is 15.7. The number of esters is 3. The summed E-state index contributed by atoms with van der Waals surface area (Å²) in [5.74, 6) is -2.60. The lowest BCUT2D eigenvalue weighted by atomic mass is 9.93. The molecule has 0 spiro atoms. The number of carbonyl (C=O) groups is 4. The second kappa shape index (κ2) is 17.8. The third-order valence-electron chi connectivity index (χ3n) is 6.59. The van der Waals surface area contributed by atoms with Gasteiger partial charge in [-0.1, -0.05) is 57.1 Å². The number of rotatable bonds is 19. The van der Waals surface area contributed by atoms with Crippen LogP contribution in [0.3, 0.4) is 0 Å². The maximum atomic E-state index is 12.4. The Morgan fingerprint density at radius 3 is 1.88 bits per heavy atom. The molecule has 2 aromatic rings. The molecule has 0 bridgehead atoms. The number of hydrogen-bond donors (Lipinski definition) is 3. The van der Waals surface area contributed by atoms with Gasteiger partial charge in [0, 0.05) is 6.42 Å². The zero-order chi connectivity index (χ0) is 30.1. The second-order valence-corrected chi connectivity index (χ2v) is 10.1. The van der Waals surface area contributed by atoms with Crippen LogP contribution in [0.4, 0.5) is 0 Å². The molecule has 10 heteroatoms. The first-order chi connectivity index (χ1) is 19.7. The largest absolute Gasteiger partial charge is 0.478 e. The molecule has 10 nitrogen and oxygen atoms in total. The average Bonchev–Trinajstić information content (AvgIpc) is 2.97. The molecule has 0 aliphatic rings. The lowest BCUT2D eigenvalue weighted by molar-refractivity contribution is -0.160. The lowest BCUT2D eigenvalue weighted by Gasteiger charge is -2.22. The van der Waals surface area contributed by atoms with Gasteiger partial charge in [-0.2, -0.15) is 0 Å². The van der Waals surface area contributed by atoms with Gasteiger partial charge in [0.05, 0.1) is 25.4 Å². The van der Waals surface area contributed by atoms with E-state index in [1.807, 2.05) is 0 Å². The summed E-state index contributed by atoms with van der Waals surface area (Å²) in [4.78, 5) is 47.6. The highest BCUT2D eigenvalue weighted by atomic mass is 16.5. The summed E-state index contributed by atoms with van der Waals surface area (Å²) in [5, 5.41) is 27.6. The van der Waals surface area contributed by atoms with Crippen LogP contribution in [0.25, 0.3) is 0 Å². The van der Waals surface area contributed by atoms with E-state index in [2.05, 4.69) is 0 Å². The number of unbranched alkanes of at least 4 members (excludes halogenated alkanes) is 8. The summed E-state index contributed by atoms with van der Waals surface area (Å²) in [6.45, 7) is 0.846. The highest BCUT2D eigenvalue weighted by molar-refractivity contribution is 5.95. The molecule has 224 valence electrons. The quantitative estimate of drug-likeness (QED) is 0.120. The van der Waals surface area contributed by atoms with E-state index in [4.69, 9.17) is 14.2 Å². The Labute approximate surface area is 240 Å². The SMILES string of the molecule is CC(CO)(CO)C(=O)OCCCCCCCCCCCC(=O)Oc1ccc(C(=O)Oc2ccccc2C(=O)O)cc1. The minimum Gasteiger partial charge on any atom is -0.478 e. The normalized spacial score (nSPS) is 11.1. The van der Waals surface area contributed by atoms with Crippen LogP contribution in [0.15, 0.2) is 48.5 Å². The molecule has 0 fully saturated rings. The van der Waals surface area contributed by atoms with E-state index in [0.29, 0.717) is 12.2 Å². The number of aromatic carboxylic acids is 1. The number of carbonyl (C=O) groups excluding carboxylic acids is 3. The van der Waals surface area contributed by atoms with Gasteiger partial charge in [0.15, 0.2) is 0 Å². The van der Waals surface area contributed by atoms with Crippen molar-refractivity contribution in [3.63, 3.8) is 0 Å². The number of carboxylic acid groups (broad SMARTS) is 1. The molecule has 3 N–H and O–H groups in total. The topological polar surface area (TPSA) is 157 Å². The van der Waals surface area contributed by atoms with Gasteiger partial charge in [-0.05, 0) is 56.2 Å². The fraction of sp³-hybridized carbons (Fsp3) is 0.484. The standard InChI is InChI=1S/C31H40O10/c1-31(21-32,22-33)30(38)39-20-12-8-6-4-2-3-5-7-9-15-27(34)40-24-18-16-23(17-19-24)29(37)41-26-14-11-10-13-25(26)28(35)36/h10-11,13-14,16-19,32-33H,2-9,12,15,20-22H2,1H3,(H,35,36). The number of carboxylic acids is 1. The van der Waals surface area contributed by atoms with Gasteiger partial charge in [-0.25, -0.2) is 9.59 Å². The van der Waals surface area contributed by atoms with Crippen molar-refractivity contribution in [1.29, 1.82) is 0 Å². The number of aliphatic hydroxyl groups is 2. The van der Waals surface area contributed by atoms with Crippen molar-refractivity contribution >= 4 is 23.9 Å². The molecule has 0 amide bonds. The van der Waals surface area contributed by atoms with E-state index in [1.54, 1.807) is 6.07 Å². The van der Waals surface area contributed by atoms with Crippen molar-refractivity contribution in [1.82, 2.24) is 0 Å². The van der Waals surface area contributed by atoms with Gasteiger partial charge < -0.3 is 29.5 Å². The number of ether oxygens (including phenoxy) is 3. The van der Waals surface area contributed by atoms with Gasteiger partial charge >= 0.3 is 23.9 Å². The molecule has 2 aromatic carbocycles. The van der Waals surface area contributed by atoms with E-state index in [0.717, 1.165) is 57.8 Å². The third-order valence-corrected chi connectivity index (χ3v) is 6.59. The smallest absolute Gasteiger partial charge is 0.343 e. The van der Waals surface area contributed by atoms with E-state index < -0.39 is 36.5 Å². The van der Waals surface area contributed by atoms with Gasteiger partial charge in [0.1, 0.15) is 22.5 Å². The first-order valence-corrected chi connectivity index (χ1v) is 13.9. The monoisotopic (exact) mass is 572 g/mol. The summed E-state index contributed by atoms with van der Waals surface area (Å²) >= 11 is 0. The van der Waals surface area contributed by atoms with Crippen LogP contribution in [0.1, 0.15) is 91.8 Å². The second-order valence-electron chi connectivity index (χ2n) is 10.1. The number of aliphatic hydroxyl groups excluding tert-OH is 2. The lowest BCUT2D eigenvalue weighted by Crippen LogP contribution is -2.37. The zero-order valence-corrected chi connectivity index (χ0v) is 23.5. The molecule has 0 heterocycles. The number of para-hydroxylation sites is 1. The fourth-order valence-corrected chi connectivity index (χ4v) is 3.86. The van der Waals surface area contributed by atoms with Crippen molar-refractivity contribution < 1.29 is 48.7 Å². The Bertz CT molecular complexity index is 1120. The van der Waals surface area contributed by atoms with Crippen molar-refractivity contribution in [2.45, 2.75) is 71.1 Å². The molecule has 0 aliphatic carbocycles. The molecule has 0 aromatic heterocycles. The molecule has 0 aliphatic heterocycles. The van der Waals surface area contributed by atoms with Crippen LogP contribution in [0, 0.1) is 5.41 Å². The van der Waals surface area contributed by atoms with Crippen molar-refractivity contribution in [3.05, 3.63) is 59.7 Å². The molecule has 41 heavy (non-hydrogen) atoms. The Balaban J connectivity index is 1.53. The molecule has 0 unspecified atom stereocenters. The van der Waals surface area contributed by atoms with Crippen molar-refractivity contribution in [2.75, 3.05) is 19.8 Å². The van der Waals surface area contributed by atoms with Gasteiger partial charge in [0.25, 0.3) is 0 Å². The first kappa shape index (κ1) is 33.4. The average molecular weight is 573 g/mol. The van der Waals surface area contributed by atoms with E-state index >= 15 is 0 Å². The van der Waals surface area contributed by atoms with Crippen LogP contribution >= 0.6 is 0 Å². The van der Waals surface area contributed by atoms with E-state index in [1.165, 1.54) is 49.4 Å². The molecule has 2 rings (SSSR count). The minimum absolute atomic E-state index is 0.0525. The summed E-state index contributed by atoms with van der Waals surface area (Å²) in [6, 6.07) is 11.7. The number of benzene rings is 2. The van der Waals surface area contributed by atoms with Crippen LogP contribution in [-0.2, 0) is 14.3 Å². The molecule has 0 radical (unpaired) electrons. The maximum absolute atomic E-state index is 12.4. The van der Waals surface area contributed by atoms with Crippen LogP contribution < -0.4 is 9.47 Å². The summed E-state index contributed by atoms with van der Waals surface area (Å²) in [6.07, 6.45) is 8.92. The molecule has 0 atom stereocenters. The fourth-order valence-electron chi connectivity index (χ4n) is 3.86. The van der Waals surface area contributed by atoms with Crippen molar-refractivity contribution in [2.24, 2.45) is 5.41 Å². The summed E-state index contributed by atoms with van der Waals surface area (Å²) in [5.41, 5.74) is -1.18. The molecular weight excluding hydrogens is 532 g/mol. The van der Waals surface area contributed by atoms with Gasteiger partial charge in [0.2, 0.25) is 0 Å². The predicted octanol–water partition coefficient (Wildman–Crippen LogP) is 4.94. The zero-order valence-electron chi connectivity index (χ0n) is 23.5. The maximum Gasteiger partial charge on any atom is 0.343 e. The van der Waals surface area contributed by atoms with Gasteiger partial charge in [-0.15, -0.1) is 0 Å². The van der Waals surface area contributed by atoms with Gasteiger partial charge in [-0.3, -0.25) is 9.59 Å². The minimum atomic E-state index is -1.25. The third kappa shape index (κ3) is 11.7. The van der Waals surface area contributed by atoms with E-state index in [9.17, 15) is 34.5 Å². The highest BCUT2D eigenvalue weighted by Crippen LogP contribution is 2.21. The number of hydrogen-bond acceptors (Lipinski definition) is 9. The van der Waals surface area contributed by atoms with Crippen molar-refractivity contribution in [3.8, 4) is 11.5 Å². The Morgan fingerprint density at radius 2 is 1.29 bits per heavy atom. The van der Waals surface area contributed by atoms with Crippen LogP contribution in [0.2, 0.25) is 0 Å². The Kier molecular flexibility index (Phi) is 14.5. The molecule has 0 saturated carbocycles. The Morgan fingerprint density at radius 1 is 0.732 bits per heavy atom. The highest BCUT2D eigenvalue weighted by Gasteiger charge is 2.33.